The van der Waals surface area contributed by atoms with E-state index in [0.717, 1.165) is 17.8 Å². The maximum atomic E-state index is 2.44. The first kappa shape index (κ1) is 10.6. The van der Waals surface area contributed by atoms with Gasteiger partial charge in [0.05, 0.1) is 0 Å². The van der Waals surface area contributed by atoms with Crippen LogP contribution in [-0.2, 0) is 0 Å². The molecule has 72 valence electrons. The van der Waals surface area contributed by atoms with Crippen LogP contribution >= 0.6 is 0 Å². The molecule has 0 saturated carbocycles. The molecule has 0 aromatic carbocycles. The molecule has 0 heterocycles. The zero-order valence-electron chi connectivity index (χ0n) is 8.58. The van der Waals surface area contributed by atoms with E-state index in [4.69, 9.17) is 0 Å². The van der Waals surface area contributed by atoms with Gasteiger partial charge in [-0.15, -0.1) is 0 Å². The van der Waals surface area contributed by atoms with Crippen LogP contribution in [0.25, 0.3) is 0 Å². The Balaban J connectivity index is 0.000000845. The summed E-state index contributed by atoms with van der Waals surface area (Å²) in [7, 11) is 0. The molecule has 0 heteroatoms. The van der Waals surface area contributed by atoms with Crippen LogP contribution in [0, 0.1) is 25.2 Å². The lowest BCUT2D eigenvalue weighted by atomic mass is 9.70. The van der Waals surface area contributed by atoms with E-state index in [2.05, 4.69) is 31.2 Å². The molecule has 0 aromatic rings. The van der Waals surface area contributed by atoms with E-state index < -0.39 is 0 Å². The SMILES string of the molecule is CCC1C=CCC2CC=CCC12.[CH2]. The van der Waals surface area contributed by atoms with Crippen LogP contribution in [0.3, 0.4) is 0 Å². The van der Waals surface area contributed by atoms with Gasteiger partial charge in [-0.2, -0.15) is 0 Å². The highest BCUT2D eigenvalue weighted by Gasteiger charge is 2.29. The number of rotatable bonds is 1. The Morgan fingerprint density at radius 1 is 1.08 bits per heavy atom. The fourth-order valence-corrected chi connectivity index (χ4v) is 2.70. The van der Waals surface area contributed by atoms with Crippen molar-refractivity contribution in [2.45, 2.75) is 32.6 Å². The highest BCUT2D eigenvalue weighted by atomic mass is 14.3. The minimum atomic E-state index is 0. The molecular formula is C13H20. The van der Waals surface area contributed by atoms with Gasteiger partial charge in [-0.05, 0) is 43.4 Å². The van der Waals surface area contributed by atoms with Crippen molar-refractivity contribution >= 4 is 0 Å². The Morgan fingerprint density at radius 3 is 2.54 bits per heavy atom. The molecule has 13 heavy (non-hydrogen) atoms. The topological polar surface area (TPSA) is 0 Å². The predicted octanol–water partition coefficient (Wildman–Crippen LogP) is 3.88. The van der Waals surface area contributed by atoms with E-state index in [1.165, 1.54) is 25.7 Å². The average molecular weight is 176 g/mol. The molecule has 3 atom stereocenters. The molecule has 2 rings (SSSR count). The van der Waals surface area contributed by atoms with E-state index in [1.54, 1.807) is 0 Å². The highest BCUT2D eigenvalue weighted by molar-refractivity contribution is 5.06. The third-order valence-electron chi connectivity index (χ3n) is 3.46. The number of hydrogen-bond donors (Lipinski definition) is 0. The smallest absolute Gasteiger partial charge is 0.0202 e. The molecule has 0 bridgehead atoms. The van der Waals surface area contributed by atoms with Crippen molar-refractivity contribution in [3.8, 4) is 0 Å². The summed E-state index contributed by atoms with van der Waals surface area (Å²) in [6.45, 7) is 2.32. The van der Waals surface area contributed by atoms with Gasteiger partial charge >= 0.3 is 0 Å². The molecule has 0 saturated heterocycles. The first-order valence-electron chi connectivity index (χ1n) is 5.23. The maximum Gasteiger partial charge on any atom is -0.0202 e. The zero-order chi connectivity index (χ0) is 8.39. The summed E-state index contributed by atoms with van der Waals surface area (Å²) in [5, 5.41) is 0. The molecule has 0 fully saturated rings. The Morgan fingerprint density at radius 2 is 1.77 bits per heavy atom. The molecule has 0 N–H and O–H groups in total. The number of allylic oxidation sites excluding steroid dienone is 4. The van der Waals surface area contributed by atoms with Gasteiger partial charge in [-0.25, -0.2) is 0 Å². The van der Waals surface area contributed by atoms with Crippen LogP contribution in [0.4, 0.5) is 0 Å². The predicted molar refractivity (Wildman–Crippen MR) is 58.2 cm³/mol. The normalized spacial score (nSPS) is 36.5. The van der Waals surface area contributed by atoms with Crippen molar-refractivity contribution < 1.29 is 0 Å². The van der Waals surface area contributed by atoms with E-state index in [9.17, 15) is 0 Å². The summed E-state index contributed by atoms with van der Waals surface area (Å²) in [5.74, 6) is 2.80. The molecule has 3 unspecified atom stereocenters. The molecule has 0 nitrogen and oxygen atoms in total. The van der Waals surface area contributed by atoms with Gasteiger partial charge in [-0.3, -0.25) is 0 Å². The molecule has 2 radical (unpaired) electrons. The second kappa shape index (κ2) is 4.64. The van der Waals surface area contributed by atoms with Crippen molar-refractivity contribution in [3.05, 3.63) is 31.7 Å². The monoisotopic (exact) mass is 176 g/mol. The van der Waals surface area contributed by atoms with Crippen molar-refractivity contribution in [2.75, 3.05) is 0 Å². The minimum Gasteiger partial charge on any atom is -0.0882 e. The summed E-state index contributed by atoms with van der Waals surface area (Å²) in [4.78, 5) is 0. The van der Waals surface area contributed by atoms with Crippen molar-refractivity contribution in [2.24, 2.45) is 17.8 Å². The largest absolute Gasteiger partial charge is 0.0882 e. The summed E-state index contributed by atoms with van der Waals surface area (Å²) in [6, 6.07) is 0. The van der Waals surface area contributed by atoms with Crippen molar-refractivity contribution in [3.63, 3.8) is 0 Å². The van der Waals surface area contributed by atoms with Crippen LogP contribution in [-0.4, -0.2) is 0 Å². The van der Waals surface area contributed by atoms with Gasteiger partial charge < -0.3 is 0 Å². The number of fused-ring (bicyclic) bond motifs is 1. The average Bonchev–Trinajstić information content (AvgIpc) is 2.17. The van der Waals surface area contributed by atoms with Gasteiger partial charge in [-0.1, -0.05) is 38.7 Å². The summed E-state index contributed by atoms with van der Waals surface area (Å²) < 4.78 is 0. The molecule has 0 spiro atoms. The summed E-state index contributed by atoms with van der Waals surface area (Å²) in [6.07, 6.45) is 14.9. The Bertz CT molecular complexity index is 200. The standard InChI is InChI=1S/C12H18.CH2/c1-2-10-7-5-8-11-6-3-4-9-12(10)11;/h3-5,7,10-12H,2,6,8-9H2,1H3;1H2. The van der Waals surface area contributed by atoms with Crippen molar-refractivity contribution in [1.29, 1.82) is 0 Å². The maximum absolute atomic E-state index is 2.44. The Kier molecular flexibility index (Phi) is 3.77. The third-order valence-corrected chi connectivity index (χ3v) is 3.46. The van der Waals surface area contributed by atoms with Crippen LogP contribution in [0.1, 0.15) is 32.6 Å². The van der Waals surface area contributed by atoms with Crippen LogP contribution < -0.4 is 0 Å². The second-order valence-electron chi connectivity index (χ2n) is 4.10. The van der Waals surface area contributed by atoms with E-state index in [1.807, 2.05) is 0 Å². The first-order valence-corrected chi connectivity index (χ1v) is 5.23. The van der Waals surface area contributed by atoms with Gasteiger partial charge in [0, 0.05) is 0 Å². The van der Waals surface area contributed by atoms with Gasteiger partial charge in [0.25, 0.3) is 0 Å². The molecule has 2 aliphatic carbocycles. The lowest BCUT2D eigenvalue weighted by molar-refractivity contribution is 0.236. The van der Waals surface area contributed by atoms with Crippen LogP contribution in [0.5, 0.6) is 0 Å². The minimum absolute atomic E-state index is 0. The van der Waals surface area contributed by atoms with Gasteiger partial charge in [0.1, 0.15) is 0 Å². The van der Waals surface area contributed by atoms with Crippen LogP contribution in [0.2, 0.25) is 0 Å². The second-order valence-corrected chi connectivity index (χ2v) is 4.10. The molecule has 2 aliphatic rings. The van der Waals surface area contributed by atoms with E-state index in [-0.39, 0.29) is 7.43 Å². The van der Waals surface area contributed by atoms with Crippen molar-refractivity contribution in [1.82, 2.24) is 0 Å². The van der Waals surface area contributed by atoms with Crippen LogP contribution in [0.15, 0.2) is 24.3 Å². The van der Waals surface area contributed by atoms with E-state index >= 15 is 0 Å². The first-order chi connectivity index (χ1) is 5.92. The fraction of sp³-hybridized carbons (Fsp3) is 0.615. The molecule has 0 aromatic heterocycles. The molecule has 0 amide bonds. The third kappa shape index (κ3) is 2.04. The van der Waals surface area contributed by atoms with E-state index in [0.29, 0.717) is 0 Å². The highest BCUT2D eigenvalue weighted by Crippen LogP contribution is 2.39. The Hall–Kier alpha value is -0.520. The fourth-order valence-electron chi connectivity index (χ4n) is 2.70. The van der Waals surface area contributed by atoms with Gasteiger partial charge in [0.2, 0.25) is 0 Å². The lowest BCUT2D eigenvalue weighted by Crippen LogP contribution is -2.26. The van der Waals surface area contributed by atoms with Gasteiger partial charge in [0.15, 0.2) is 0 Å². The number of hydrogen-bond acceptors (Lipinski definition) is 0. The quantitative estimate of drug-likeness (QED) is 0.532. The molecule has 0 aliphatic heterocycles. The Labute approximate surface area is 82.7 Å². The lowest BCUT2D eigenvalue weighted by Gasteiger charge is -2.35. The molecular weight excluding hydrogens is 156 g/mol. The summed E-state index contributed by atoms with van der Waals surface area (Å²) in [5.41, 5.74) is 0. The zero-order valence-corrected chi connectivity index (χ0v) is 8.58. The summed E-state index contributed by atoms with van der Waals surface area (Å²) >= 11 is 0.